The lowest BCUT2D eigenvalue weighted by molar-refractivity contribution is -0.870. The SMILES string of the molecule is CCCCCCCCCC/C=C\CCCCCCCCCCCCCCCCOCC(COP(=O)([O-])OCC[N+](C)(C)C)OC(=O)CCCCCCCCCCCCCC. The molecule has 358 valence electrons. The lowest BCUT2D eigenvalue weighted by Crippen LogP contribution is -2.37. The molecule has 0 aromatic rings. The first-order valence-corrected chi connectivity index (χ1v) is 27.4. The number of allylic oxidation sites excluding steroid dienone is 2. The van der Waals surface area contributed by atoms with Crippen molar-refractivity contribution in [1.29, 1.82) is 0 Å². The first-order valence-electron chi connectivity index (χ1n) is 25.9. The van der Waals surface area contributed by atoms with Gasteiger partial charge in [-0.1, -0.05) is 219 Å². The average molecular weight is 872 g/mol. The largest absolute Gasteiger partial charge is 0.756 e. The maximum Gasteiger partial charge on any atom is 0.306 e. The summed E-state index contributed by atoms with van der Waals surface area (Å²) in [4.78, 5) is 25.1. The summed E-state index contributed by atoms with van der Waals surface area (Å²) in [7, 11) is 1.37. The number of hydrogen-bond donors (Lipinski definition) is 0. The van der Waals surface area contributed by atoms with Crippen molar-refractivity contribution in [2.45, 2.75) is 258 Å². The summed E-state index contributed by atoms with van der Waals surface area (Å²) < 4.78 is 34.7. The number of likely N-dealkylation sites (N-methyl/N-ethyl adjacent to an activating group) is 1. The van der Waals surface area contributed by atoms with Crippen molar-refractivity contribution in [3.8, 4) is 0 Å². The standard InChI is InChI=1S/C51H102NO7P/c1-6-8-10-12-14-16-18-20-21-22-23-24-25-26-27-28-29-30-31-32-33-35-37-39-41-43-46-56-48-50(49-58-60(54,55)57-47-45-52(3,4)5)59-51(53)44-42-40-38-36-34-19-17-15-13-11-9-7-2/h22-23,50H,6-21,24-49H2,1-5H3/b23-22-. The topological polar surface area (TPSA) is 94.1 Å². The minimum atomic E-state index is -4.52. The molecule has 0 spiro atoms. The third-order valence-corrected chi connectivity index (χ3v) is 12.5. The molecule has 60 heavy (non-hydrogen) atoms. The van der Waals surface area contributed by atoms with E-state index < -0.39 is 13.9 Å². The van der Waals surface area contributed by atoms with Crippen molar-refractivity contribution in [2.24, 2.45) is 0 Å². The highest BCUT2D eigenvalue weighted by atomic mass is 31.2. The monoisotopic (exact) mass is 872 g/mol. The van der Waals surface area contributed by atoms with Crippen molar-refractivity contribution in [2.75, 3.05) is 54.1 Å². The van der Waals surface area contributed by atoms with E-state index in [1.165, 1.54) is 199 Å². The molecule has 0 fully saturated rings. The molecule has 2 atom stereocenters. The normalized spacial score (nSPS) is 13.6. The maximum absolute atomic E-state index is 12.7. The lowest BCUT2D eigenvalue weighted by atomic mass is 10.0. The zero-order valence-corrected chi connectivity index (χ0v) is 41.6. The molecule has 0 aliphatic heterocycles. The van der Waals surface area contributed by atoms with E-state index in [9.17, 15) is 14.3 Å². The quantitative estimate of drug-likeness (QED) is 0.0198. The Morgan fingerprint density at radius 1 is 0.500 bits per heavy atom. The van der Waals surface area contributed by atoms with E-state index in [1.54, 1.807) is 0 Å². The number of phosphoric ester groups is 1. The van der Waals surface area contributed by atoms with Gasteiger partial charge < -0.3 is 27.9 Å². The summed E-state index contributed by atoms with van der Waals surface area (Å²) in [5.74, 6) is -0.330. The molecule has 0 heterocycles. The molecule has 0 bridgehead atoms. The fourth-order valence-electron chi connectivity index (χ4n) is 7.54. The summed E-state index contributed by atoms with van der Waals surface area (Å²) in [6.07, 6.45) is 51.0. The fourth-order valence-corrected chi connectivity index (χ4v) is 8.27. The van der Waals surface area contributed by atoms with Crippen LogP contribution in [0.25, 0.3) is 0 Å². The van der Waals surface area contributed by atoms with Crippen LogP contribution in [0.1, 0.15) is 251 Å². The Morgan fingerprint density at radius 2 is 0.867 bits per heavy atom. The van der Waals surface area contributed by atoms with Crippen LogP contribution in [-0.4, -0.2) is 70.7 Å². The summed E-state index contributed by atoms with van der Waals surface area (Å²) >= 11 is 0. The molecule has 0 aromatic carbocycles. The second-order valence-electron chi connectivity index (χ2n) is 18.9. The van der Waals surface area contributed by atoms with Gasteiger partial charge in [-0.05, 0) is 38.5 Å². The second kappa shape index (κ2) is 44.8. The molecule has 0 saturated carbocycles. The van der Waals surface area contributed by atoms with Crippen LogP contribution in [0.2, 0.25) is 0 Å². The number of hydrogen-bond acceptors (Lipinski definition) is 7. The van der Waals surface area contributed by atoms with E-state index in [2.05, 4.69) is 26.0 Å². The van der Waals surface area contributed by atoms with Gasteiger partial charge in [0.15, 0.2) is 0 Å². The van der Waals surface area contributed by atoms with Gasteiger partial charge in [0.05, 0.1) is 34.4 Å². The minimum absolute atomic E-state index is 0.0300. The van der Waals surface area contributed by atoms with E-state index >= 15 is 0 Å². The molecule has 2 unspecified atom stereocenters. The van der Waals surface area contributed by atoms with Gasteiger partial charge in [0, 0.05) is 13.0 Å². The zero-order chi connectivity index (χ0) is 44.1. The Hall–Kier alpha value is -0.760. The van der Waals surface area contributed by atoms with Gasteiger partial charge in [0.25, 0.3) is 7.82 Å². The Balaban J connectivity index is 3.98. The van der Waals surface area contributed by atoms with E-state index in [-0.39, 0.29) is 25.8 Å². The number of quaternary nitrogens is 1. The van der Waals surface area contributed by atoms with Gasteiger partial charge in [-0.25, -0.2) is 0 Å². The third-order valence-electron chi connectivity index (χ3n) is 11.6. The van der Waals surface area contributed by atoms with Gasteiger partial charge in [-0.2, -0.15) is 0 Å². The number of phosphoric acid groups is 1. The molecular weight excluding hydrogens is 770 g/mol. The summed E-state index contributed by atoms with van der Waals surface area (Å²) in [5.41, 5.74) is 0. The van der Waals surface area contributed by atoms with Crippen LogP contribution in [-0.2, 0) is 27.9 Å². The molecule has 0 N–H and O–H groups in total. The molecule has 0 saturated heterocycles. The number of esters is 1. The minimum Gasteiger partial charge on any atom is -0.756 e. The Kier molecular flexibility index (Phi) is 44.3. The van der Waals surface area contributed by atoms with Crippen LogP contribution in [0.4, 0.5) is 0 Å². The zero-order valence-electron chi connectivity index (χ0n) is 40.7. The molecule has 0 aromatic heterocycles. The average Bonchev–Trinajstić information content (AvgIpc) is 3.20. The van der Waals surface area contributed by atoms with Crippen molar-refractivity contribution in [3.63, 3.8) is 0 Å². The van der Waals surface area contributed by atoms with E-state index in [4.69, 9.17) is 18.5 Å². The number of ether oxygens (including phenoxy) is 2. The first kappa shape index (κ1) is 59.2. The molecule has 0 radical (unpaired) electrons. The molecule has 9 heteroatoms. The van der Waals surface area contributed by atoms with Gasteiger partial charge >= 0.3 is 5.97 Å². The van der Waals surface area contributed by atoms with E-state index in [0.717, 1.165) is 32.1 Å². The van der Waals surface area contributed by atoms with Crippen LogP contribution < -0.4 is 4.89 Å². The van der Waals surface area contributed by atoms with Crippen LogP contribution in [0.5, 0.6) is 0 Å². The number of unbranched alkanes of at least 4 members (excludes halogenated alkanes) is 33. The molecule has 0 rings (SSSR count). The number of carbonyl (C=O) groups is 1. The van der Waals surface area contributed by atoms with Gasteiger partial charge in [0.2, 0.25) is 0 Å². The molecule has 0 aliphatic carbocycles. The molecule has 0 aliphatic rings. The summed E-state index contributed by atoms with van der Waals surface area (Å²) in [6.45, 7) is 5.46. The van der Waals surface area contributed by atoms with Crippen molar-refractivity contribution < 1.29 is 37.3 Å². The van der Waals surface area contributed by atoms with Gasteiger partial charge in [-0.3, -0.25) is 9.36 Å². The molecule has 8 nitrogen and oxygen atoms in total. The van der Waals surface area contributed by atoms with Crippen LogP contribution >= 0.6 is 7.82 Å². The highest BCUT2D eigenvalue weighted by Crippen LogP contribution is 2.38. The Morgan fingerprint density at radius 3 is 1.27 bits per heavy atom. The lowest BCUT2D eigenvalue weighted by Gasteiger charge is -2.28. The smallest absolute Gasteiger partial charge is 0.306 e. The Labute approximate surface area is 373 Å². The summed E-state index contributed by atoms with van der Waals surface area (Å²) in [6, 6.07) is 0. The highest BCUT2D eigenvalue weighted by molar-refractivity contribution is 7.45. The van der Waals surface area contributed by atoms with E-state index in [1.807, 2.05) is 21.1 Å². The fraction of sp³-hybridized carbons (Fsp3) is 0.941. The van der Waals surface area contributed by atoms with Gasteiger partial charge in [-0.15, -0.1) is 0 Å². The Bertz CT molecular complexity index is 972. The van der Waals surface area contributed by atoms with Gasteiger partial charge in [0.1, 0.15) is 19.3 Å². The molecular formula is C51H102NO7P. The number of carbonyl (C=O) groups excluding carboxylic acids is 1. The van der Waals surface area contributed by atoms with Crippen LogP contribution in [0.15, 0.2) is 12.2 Å². The maximum atomic E-state index is 12.7. The third kappa shape index (κ3) is 48.3. The second-order valence-corrected chi connectivity index (χ2v) is 20.3. The van der Waals surface area contributed by atoms with Crippen LogP contribution in [0, 0.1) is 0 Å². The van der Waals surface area contributed by atoms with E-state index in [0.29, 0.717) is 24.1 Å². The summed E-state index contributed by atoms with van der Waals surface area (Å²) in [5, 5.41) is 0. The van der Waals surface area contributed by atoms with Crippen LogP contribution in [0.3, 0.4) is 0 Å². The first-order chi connectivity index (χ1) is 29.1. The number of rotatable bonds is 49. The molecule has 0 amide bonds. The number of nitrogens with zero attached hydrogens (tertiary/aromatic N) is 1. The highest BCUT2D eigenvalue weighted by Gasteiger charge is 2.20. The predicted octanol–water partition coefficient (Wildman–Crippen LogP) is 15.2. The predicted molar refractivity (Wildman–Crippen MR) is 254 cm³/mol. The van der Waals surface area contributed by atoms with Crippen molar-refractivity contribution in [3.05, 3.63) is 12.2 Å². The van der Waals surface area contributed by atoms with Crippen molar-refractivity contribution in [1.82, 2.24) is 0 Å². The van der Waals surface area contributed by atoms with Crippen molar-refractivity contribution >= 4 is 13.8 Å².